The molecule has 0 amide bonds. The molecule has 0 aromatic rings. The van der Waals surface area contributed by atoms with Crippen LogP contribution in [-0.2, 0) is 9.47 Å². The van der Waals surface area contributed by atoms with E-state index in [-0.39, 0.29) is 0 Å². The molecule has 1 aliphatic carbocycles. The van der Waals surface area contributed by atoms with Crippen molar-refractivity contribution in [2.75, 3.05) is 13.2 Å². The molecule has 22 heavy (non-hydrogen) atoms. The lowest BCUT2D eigenvalue weighted by Crippen LogP contribution is -2.58. The first-order chi connectivity index (χ1) is 9.54. The van der Waals surface area contributed by atoms with Crippen LogP contribution >= 0.6 is 0 Å². The molecule has 2 nitrogen and oxygen atoms in total. The van der Waals surface area contributed by atoms with Crippen LogP contribution < -0.4 is 0 Å². The average Bonchev–Trinajstić information content (AvgIpc) is 2.37. The molecule has 0 saturated heterocycles. The summed E-state index contributed by atoms with van der Waals surface area (Å²) in [5, 5.41) is 0. The fourth-order valence-electron chi connectivity index (χ4n) is 1.44. The molecule has 0 bridgehead atoms. The second kappa shape index (κ2) is 5.22. The van der Waals surface area contributed by atoms with Gasteiger partial charge < -0.3 is 9.47 Å². The summed E-state index contributed by atoms with van der Waals surface area (Å²) in [5.41, 5.74) is 0. The van der Waals surface area contributed by atoms with Crippen molar-refractivity contribution in [2.24, 2.45) is 0 Å². The Balaban J connectivity index is 3.20. The molecule has 0 N–H and O–H groups in total. The summed E-state index contributed by atoms with van der Waals surface area (Å²) in [7, 11) is 0. The highest BCUT2D eigenvalue weighted by Gasteiger charge is 2.78. The Morgan fingerprint density at radius 2 is 1.18 bits per heavy atom. The average molecular weight is 354 g/mol. The van der Waals surface area contributed by atoms with Crippen molar-refractivity contribution in [3.05, 3.63) is 11.9 Å². The van der Waals surface area contributed by atoms with Crippen LogP contribution in [0.2, 0.25) is 0 Å². The Kier molecular flexibility index (Phi) is 4.49. The standard InChI is InChI=1S/C9H5F11O2/c10-4-1-5(11,12)9(19,20)8(4,21-2-6(13,14)15)22-3-7(16,17)18/h1H,2-3H2. The minimum atomic E-state index is -5.83. The highest BCUT2D eigenvalue weighted by molar-refractivity contribution is 5.29. The van der Waals surface area contributed by atoms with E-state index in [9.17, 15) is 48.3 Å². The highest BCUT2D eigenvalue weighted by atomic mass is 19.4. The number of rotatable bonds is 4. The normalized spacial score (nSPS) is 23.5. The maximum atomic E-state index is 13.4. The van der Waals surface area contributed by atoms with Gasteiger partial charge in [-0.1, -0.05) is 0 Å². The number of alkyl halides is 10. The first kappa shape index (κ1) is 18.9. The molecule has 0 unspecified atom stereocenters. The Morgan fingerprint density at radius 1 is 0.818 bits per heavy atom. The molecule has 0 atom stereocenters. The van der Waals surface area contributed by atoms with E-state index < -0.39 is 55.1 Å². The fourth-order valence-corrected chi connectivity index (χ4v) is 1.44. The maximum Gasteiger partial charge on any atom is 0.411 e. The lowest BCUT2D eigenvalue weighted by Gasteiger charge is -2.36. The predicted molar refractivity (Wildman–Crippen MR) is 45.8 cm³/mol. The lowest BCUT2D eigenvalue weighted by molar-refractivity contribution is -0.383. The van der Waals surface area contributed by atoms with Gasteiger partial charge in [0.15, 0.2) is 5.83 Å². The quantitative estimate of drug-likeness (QED) is 0.562. The number of halogens is 11. The second-order valence-electron chi connectivity index (χ2n) is 4.11. The number of hydrogen-bond acceptors (Lipinski definition) is 2. The largest absolute Gasteiger partial charge is 0.411 e. The van der Waals surface area contributed by atoms with Gasteiger partial charge in [-0.05, 0) is 0 Å². The number of hydrogen-bond donors (Lipinski definition) is 0. The summed E-state index contributed by atoms with van der Waals surface area (Å²) in [4.78, 5) is 0. The summed E-state index contributed by atoms with van der Waals surface area (Å²) in [5.74, 6) is -18.9. The van der Waals surface area contributed by atoms with Gasteiger partial charge in [0.2, 0.25) is 0 Å². The fraction of sp³-hybridized carbons (Fsp3) is 0.778. The van der Waals surface area contributed by atoms with E-state index >= 15 is 0 Å². The van der Waals surface area contributed by atoms with Gasteiger partial charge >= 0.3 is 24.2 Å². The molecule has 1 rings (SSSR count). The van der Waals surface area contributed by atoms with Gasteiger partial charge in [0.1, 0.15) is 13.2 Å². The monoisotopic (exact) mass is 354 g/mol. The van der Waals surface area contributed by atoms with E-state index in [1.54, 1.807) is 0 Å². The van der Waals surface area contributed by atoms with E-state index in [2.05, 4.69) is 9.47 Å². The minimum Gasteiger partial charge on any atom is -0.330 e. The molecule has 0 saturated carbocycles. The van der Waals surface area contributed by atoms with Crippen molar-refractivity contribution >= 4 is 0 Å². The van der Waals surface area contributed by atoms with Crippen molar-refractivity contribution in [1.82, 2.24) is 0 Å². The van der Waals surface area contributed by atoms with Crippen LogP contribution in [0.5, 0.6) is 0 Å². The molecule has 0 aromatic carbocycles. The van der Waals surface area contributed by atoms with Crippen LogP contribution in [0.25, 0.3) is 0 Å². The number of allylic oxidation sites excluding steroid dienone is 1. The van der Waals surface area contributed by atoms with Gasteiger partial charge in [-0.25, -0.2) is 4.39 Å². The zero-order valence-electron chi connectivity index (χ0n) is 9.97. The molecule has 0 aromatic heterocycles. The van der Waals surface area contributed by atoms with Gasteiger partial charge in [-0.3, -0.25) is 0 Å². The van der Waals surface area contributed by atoms with Gasteiger partial charge in [-0.2, -0.15) is 43.9 Å². The first-order valence-electron chi connectivity index (χ1n) is 5.10. The van der Waals surface area contributed by atoms with E-state index in [4.69, 9.17) is 0 Å². The topological polar surface area (TPSA) is 18.5 Å². The van der Waals surface area contributed by atoms with Crippen molar-refractivity contribution in [2.45, 2.75) is 30.0 Å². The van der Waals surface area contributed by atoms with Gasteiger partial charge in [-0.15, -0.1) is 0 Å². The van der Waals surface area contributed by atoms with E-state index in [1.165, 1.54) is 0 Å². The van der Waals surface area contributed by atoms with Crippen LogP contribution in [0.1, 0.15) is 0 Å². The van der Waals surface area contributed by atoms with Crippen LogP contribution in [0.15, 0.2) is 11.9 Å². The predicted octanol–water partition coefficient (Wildman–Crippen LogP) is 3.98. The Bertz CT molecular complexity index is 429. The molecule has 1 aliphatic rings. The van der Waals surface area contributed by atoms with E-state index in [0.717, 1.165) is 0 Å². The summed E-state index contributed by atoms with van der Waals surface area (Å²) >= 11 is 0. The Morgan fingerprint density at radius 3 is 1.41 bits per heavy atom. The van der Waals surface area contributed by atoms with Gasteiger partial charge in [0.25, 0.3) is 5.79 Å². The third kappa shape index (κ3) is 3.45. The van der Waals surface area contributed by atoms with E-state index in [0.29, 0.717) is 0 Å². The van der Waals surface area contributed by atoms with Crippen LogP contribution in [-0.4, -0.2) is 43.2 Å². The smallest absolute Gasteiger partial charge is 0.330 e. The molecule has 13 heteroatoms. The van der Waals surface area contributed by atoms with Crippen molar-refractivity contribution in [3.8, 4) is 0 Å². The Labute approximate surface area is 114 Å². The third-order valence-corrected chi connectivity index (χ3v) is 2.33. The summed E-state index contributed by atoms with van der Waals surface area (Å²) < 4.78 is 144. The zero-order chi connectivity index (χ0) is 17.6. The van der Waals surface area contributed by atoms with Crippen molar-refractivity contribution in [3.63, 3.8) is 0 Å². The maximum absolute atomic E-state index is 13.4. The summed E-state index contributed by atoms with van der Waals surface area (Å²) in [6.45, 7) is -5.48. The summed E-state index contributed by atoms with van der Waals surface area (Å²) in [6, 6.07) is 0. The SMILES string of the molecule is FC1=CC(F)(F)C(F)(F)C1(OCC(F)(F)F)OCC(F)(F)F. The van der Waals surface area contributed by atoms with Gasteiger partial charge in [0, 0.05) is 6.08 Å². The number of ether oxygens (including phenoxy) is 2. The zero-order valence-corrected chi connectivity index (χ0v) is 9.97. The van der Waals surface area contributed by atoms with Crippen LogP contribution in [0, 0.1) is 0 Å². The molecule has 0 aliphatic heterocycles. The van der Waals surface area contributed by atoms with Crippen LogP contribution in [0.3, 0.4) is 0 Å². The molecule has 0 radical (unpaired) electrons. The minimum absolute atomic E-state index is 1.15. The van der Waals surface area contributed by atoms with E-state index in [1.807, 2.05) is 0 Å². The third-order valence-electron chi connectivity index (χ3n) is 2.33. The molecule has 130 valence electrons. The molecular weight excluding hydrogens is 349 g/mol. The van der Waals surface area contributed by atoms with Crippen molar-refractivity contribution in [1.29, 1.82) is 0 Å². The summed E-state index contributed by atoms with van der Waals surface area (Å²) in [6.07, 6.45) is -12.0. The molecule has 0 fully saturated rings. The first-order valence-corrected chi connectivity index (χ1v) is 5.10. The van der Waals surface area contributed by atoms with Gasteiger partial charge in [0.05, 0.1) is 0 Å². The lowest BCUT2D eigenvalue weighted by atomic mass is 10.1. The Hall–Kier alpha value is -1.11. The van der Waals surface area contributed by atoms with Crippen LogP contribution in [0.4, 0.5) is 48.3 Å². The highest BCUT2D eigenvalue weighted by Crippen LogP contribution is 2.56. The molecule has 0 heterocycles. The molecular formula is C9H5F11O2. The molecule has 0 spiro atoms. The second-order valence-corrected chi connectivity index (χ2v) is 4.11. The van der Waals surface area contributed by atoms with Crippen molar-refractivity contribution < 1.29 is 57.8 Å².